The van der Waals surface area contributed by atoms with Crippen LogP contribution in [0.4, 0.5) is 19.0 Å². The summed E-state index contributed by atoms with van der Waals surface area (Å²) in [5.74, 6) is -0.0872. The van der Waals surface area contributed by atoms with Crippen molar-refractivity contribution in [3.8, 4) is 11.3 Å². The molecule has 36 heavy (non-hydrogen) atoms. The van der Waals surface area contributed by atoms with Crippen LogP contribution in [0.1, 0.15) is 40.5 Å². The number of carbonyl (C=O) groups is 1. The second-order valence-electron chi connectivity index (χ2n) is 8.56. The lowest BCUT2D eigenvalue weighted by Crippen LogP contribution is -2.32. The zero-order valence-corrected chi connectivity index (χ0v) is 19.1. The highest BCUT2D eigenvalue weighted by molar-refractivity contribution is 6.00. The van der Waals surface area contributed by atoms with E-state index in [1.165, 1.54) is 12.4 Å². The van der Waals surface area contributed by atoms with E-state index in [9.17, 15) is 18.0 Å². The number of alkyl halides is 3. The molecule has 1 atom stereocenters. The third-order valence-corrected chi connectivity index (χ3v) is 6.10. The van der Waals surface area contributed by atoms with Gasteiger partial charge in [-0.1, -0.05) is 18.2 Å². The molecule has 0 unspecified atom stereocenters. The van der Waals surface area contributed by atoms with Gasteiger partial charge in [0.05, 0.1) is 11.4 Å². The Morgan fingerprint density at radius 3 is 2.78 bits per heavy atom. The van der Waals surface area contributed by atoms with Crippen LogP contribution in [-0.4, -0.2) is 43.7 Å². The maximum absolute atomic E-state index is 12.8. The molecule has 4 N–H and O–H groups in total. The summed E-state index contributed by atoms with van der Waals surface area (Å²) in [5.41, 5.74) is 7.93. The second-order valence-corrected chi connectivity index (χ2v) is 8.56. The van der Waals surface area contributed by atoms with Crippen molar-refractivity contribution in [1.82, 2.24) is 35.4 Å². The van der Waals surface area contributed by atoms with Gasteiger partial charge in [-0.2, -0.15) is 18.3 Å². The van der Waals surface area contributed by atoms with Crippen molar-refractivity contribution in [2.24, 2.45) is 0 Å². The fourth-order valence-electron chi connectivity index (χ4n) is 4.28. The summed E-state index contributed by atoms with van der Waals surface area (Å²) in [4.78, 5) is 24.8. The molecule has 1 aromatic carbocycles. The molecule has 186 valence electrons. The Morgan fingerprint density at radius 2 is 2.06 bits per heavy atom. The molecule has 3 aromatic heterocycles. The number of nitrogen functional groups attached to an aromatic ring is 1. The van der Waals surface area contributed by atoms with Crippen LogP contribution in [0.5, 0.6) is 0 Å². The number of fused-ring (bicyclic) bond motifs is 1. The van der Waals surface area contributed by atoms with Crippen LogP contribution in [0.15, 0.2) is 48.9 Å². The molecule has 0 radical (unpaired) electrons. The molecule has 1 aliphatic heterocycles. The summed E-state index contributed by atoms with van der Waals surface area (Å²) >= 11 is 0. The van der Waals surface area contributed by atoms with Crippen molar-refractivity contribution >= 4 is 22.8 Å². The molecular formula is C24H23F3N8O. The van der Waals surface area contributed by atoms with Gasteiger partial charge in [-0.15, -0.1) is 0 Å². The molecule has 1 aliphatic rings. The number of nitrogens with two attached hydrogens (primary N) is 1. The largest absolute Gasteiger partial charge is 0.433 e. The van der Waals surface area contributed by atoms with Gasteiger partial charge in [-0.05, 0) is 43.1 Å². The van der Waals surface area contributed by atoms with Crippen molar-refractivity contribution in [3.05, 3.63) is 65.7 Å². The van der Waals surface area contributed by atoms with Gasteiger partial charge in [0, 0.05) is 30.4 Å². The number of hydrogen-bond acceptors (Lipinski definition) is 7. The SMILES string of the molecule is Nc1ncnc2c1c(-c1cccc(C(=O)NCc3ccc(C(F)(F)F)nc3)c1)nn2[C@@H]1CCCNC1. The molecule has 0 spiro atoms. The maximum atomic E-state index is 12.8. The average Bonchev–Trinajstić information content (AvgIpc) is 3.29. The van der Waals surface area contributed by atoms with Crippen molar-refractivity contribution in [1.29, 1.82) is 0 Å². The number of piperidine rings is 1. The Labute approximate surface area is 204 Å². The number of aromatic nitrogens is 5. The summed E-state index contributed by atoms with van der Waals surface area (Å²) < 4.78 is 40.0. The van der Waals surface area contributed by atoms with Gasteiger partial charge < -0.3 is 16.4 Å². The van der Waals surface area contributed by atoms with Gasteiger partial charge in [0.1, 0.15) is 23.5 Å². The smallest absolute Gasteiger partial charge is 0.383 e. The summed E-state index contributed by atoms with van der Waals surface area (Å²) in [7, 11) is 0. The zero-order valence-electron chi connectivity index (χ0n) is 19.1. The van der Waals surface area contributed by atoms with E-state index in [4.69, 9.17) is 10.8 Å². The number of nitrogens with zero attached hydrogens (tertiary/aromatic N) is 5. The number of nitrogens with one attached hydrogen (secondary N) is 2. The summed E-state index contributed by atoms with van der Waals surface area (Å²) in [6.45, 7) is 1.75. The van der Waals surface area contributed by atoms with Gasteiger partial charge in [-0.3, -0.25) is 9.78 Å². The van der Waals surface area contributed by atoms with E-state index >= 15 is 0 Å². The van der Waals surface area contributed by atoms with Crippen LogP contribution < -0.4 is 16.4 Å². The molecule has 1 fully saturated rings. The Bertz CT molecular complexity index is 1400. The number of rotatable bonds is 5. The molecule has 5 rings (SSSR count). The molecule has 4 aromatic rings. The van der Waals surface area contributed by atoms with Crippen molar-refractivity contribution < 1.29 is 18.0 Å². The van der Waals surface area contributed by atoms with Crippen LogP contribution >= 0.6 is 0 Å². The number of pyridine rings is 1. The van der Waals surface area contributed by atoms with E-state index in [1.54, 1.807) is 18.2 Å². The summed E-state index contributed by atoms with van der Waals surface area (Å²) in [5, 5.41) is 11.5. The van der Waals surface area contributed by atoms with Gasteiger partial charge in [0.25, 0.3) is 5.91 Å². The quantitative estimate of drug-likeness (QED) is 0.387. The number of carbonyl (C=O) groups excluding carboxylic acids is 1. The minimum atomic E-state index is -4.51. The molecule has 4 heterocycles. The van der Waals surface area contributed by atoms with Gasteiger partial charge in [-0.25, -0.2) is 14.6 Å². The minimum absolute atomic E-state index is 0.0290. The number of hydrogen-bond donors (Lipinski definition) is 3. The van der Waals surface area contributed by atoms with Gasteiger partial charge in [0.15, 0.2) is 5.65 Å². The highest BCUT2D eigenvalue weighted by atomic mass is 19.4. The van der Waals surface area contributed by atoms with Crippen LogP contribution in [-0.2, 0) is 12.7 Å². The highest BCUT2D eigenvalue weighted by Crippen LogP contribution is 2.33. The first-order valence-electron chi connectivity index (χ1n) is 11.4. The van der Waals surface area contributed by atoms with Crippen molar-refractivity contribution in [3.63, 3.8) is 0 Å². The second kappa shape index (κ2) is 9.53. The lowest BCUT2D eigenvalue weighted by Gasteiger charge is -2.23. The normalized spacial score (nSPS) is 16.2. The van der Waals surface area contributed by atoms with Crippen molar-refractivity contribution in [2.75, 3.05) is 18.8 Å². The van der Waals surface area contributed by atoms with Gasteiger partial charge in [0.2, 0.25) is 0 Å². The van der Waals surface area contributed by atoms with E-state index in [0.717, 1.165) is 38.2 Å². The van der Waals surface area contributed by atoms with Crippen LogP contribution in [0.3, 0.4) is 0 Å². The molecule has 12 heteroatoms. The first-order valence-corrected chi connectivity index (χ1v) is 11.4. The Hall–Kier alpha value is -4.06. The molecule has 0 aliphatic carbocycles. The zero-order chi connectivity index (χ0) is 25.3. The van der Waals surface area contributed by atoms with E-state index in [2.05, 4.69) is 25.6 Å². The third kappa shape index (κ3) is 4.71. The molecule has 1 saturated heterocycles. The standard InChI is InChI=1S/C24H23F3N8O/c25-24(26,27)18-7-6-14(10-30-18)11-31-23(36)16-4-1-3-15(9-16)20-19-21(28)32-13-33-22(19)35(34-20)17-5-2-8-29-12-17/h1,3-4,6-7,9-10,13,17,29H,2,5,8,11-12H2,(H,31,36)(H2,28,32,33)/t17-/m1/s1. The fraction of sp³-hybridized carbons (Fsp3) is 0.292. The number of anilines is 1. The lowest BCUT2D eigenvalue weighted by atomic mass is 10.1. The van der Waals surface area contributed by atoms with E-state index in [0.29, 0.717) is 39.2 Å². The van der Waals surface area contributed by atoms with E-state index in [-0.39, 0.29) is 18.5 Å². The predicted octanol–water partition coefficient (Wildman–Crippen LogP) is 3.34. The molecular weight excluding hydrogens is 473 g/mol. The molecule has 0 bridgehead atoms. The predicted molar refractivity (Wildman–Crippen MR) is 127 cm³/mol. The molecule has 1 amide bonds. The summed E-state index contributed by atoms with van der Waals surface area (Å²) in [6.07, 6.45) is -0.0290. The minimum Gasteiger partial charge on any atom is -0.383 e. The van der Waals surface area contributed by atoms with Gasteiger partial charge >= 0.3 is 6.18 Å². The lowest BCUT2D eigenvalue weighted by molar-refractivity contribution is -0.141. The Morgan fingerprint density at radius 1 is 1.19 bits per heavy atom. The monoisotopic (exact) mass is 496 g/mol. The van der Waals surface area contributed by atoms with Crippen LogP contribution in [0.2, 0.25) is 0 Å². The highest BCUT2D eigenvalue weighted by Gasteiger charge is 2.32. The number of benzene rings is 1. The van der Waals surface area contributed by atoms with Crippen molar-refractivity contribution in [2.45, 2.75) is 31.6 Å². The fourth-order valence-corrected chi connectivity index (χ4v) is 4.28. The topological polar surface area (TPSA) is 124 Å². The third-order valence-electron chi connectivity index (χ3n) is 6.10. The first kappa shape index (κ1) is 23.7. The first-order chi connectivity index (χ1) is 17.3. The number of halogens is 3. The Kier molecular flexibility index (Phi) is 6.27. The number of amides is 1. The Balaban J connectivity index is 1.40. The van der Waals surface area contributed by atoms with E-state index in [1.807, 2.05) is 10.7 Å². The average molecular weight is 496 g/mol. The summed E-state index contributed by atoms with van der Waals surface area (Å²) in [6, 6.07) is 9.19. The molecule has 9 nitrogen and oxygen atoms in total. The maximum Gasteiger partial charge on any atom is 0.433 e. The molecule has 0 saturated carbocycles. The van der Waals surface area contributed by atoms with Crippen LogP contribution in [0.25, 0.3) is 22.3 Å². The van der Waals surface area contributed by atoms with E-state index < -0.39 is 11.9 Å². The van der Waals surface area contributed by atoms with Crippen LogP contribution in [0, 0.1) is 0 Å².